The molecule has 0 unspecified atom stereocenters. The third kappa shape index (κ3) is 19.0. The maximum absolute atomic E-state index is 10.4. The second-order valence-electron chi connectivity index (χ2n) is 1.61. The van der Waals surface area contributed by atoms with Crippen molar-refractivity contribution in [1.82, 2.24) is 0 Å². The molecule has 0 fully saturated rings. The summed E-state index contributed by atoms with van der Waals surface area (Å²) in [4.78, 5) is 40.2. The van der Waals surface area contributed by atoms with Crippen LogP contribution in [0.5, 0.6) is 0 Å². The Bertz CT molecular complexity index is 300. The molecule has 0 aliphatic heterocycles. The average molecular weight is 364 g/mol. The molecular formula is H8FeMgNaO10P3. The Hall–Kier alpha value is 2.70. The molecule has 10 nitrogen and oxygen atoms in total. The van der Waals surface area contributed by atoms with Crippen molar-refractivity contribution in [2.75, 3.05) is 0 Å². The van der Waals surface area contributed by atoms with Crippen molar-refractivity contribution in [2.45, 2.75) is 0 Å². The van der Waals surface area contributed by atoms with Gasteiger partial charge in [0.1, 0.15) is 0 Å². The van der Waals surface area contributed by atoms with Crippen molar-refractivity contribution in [3.05, 3.63) is 0 Å². The zero-order chi connectivity index (χ0) is 10.9. The number of phosphoric acid groups is 3. The van der Waals surface area contributed by atoms with Crippen LogP contribution in [-0.2, 0) is 39.4 Å². The molecule has 0 aromatic heterocycles. The van der Waals surface area contributed by atoms with E-state index in [1.54, 1.807) is 0 Å². The first kappa shape index (κ1) is 27.1. The fraction of sp³-hybridized carbons (Fsp3) is 0. The Morgan fingerprint density at radius 3 is 1.12 bits per heavy atom. The van der Waals surface area contributed by atoms with E-state index in [0.29, 0.717) is 0 Å². The first-order valence-electron chi connectivity index (χ1n) is 2.28. The van der Waals surface area contributed by atoms with Gasteiger partial charge in [-0.15, -0.1) is 0 Å². The average Bonchev–Trinajstić information content (AvgIpc) is 1.43. The van der Waals surface area contributed by atoms with Crippen LogP contribution in [0.1, 0.15) is 4.28 Å². The second kappa shape index (κ2) is 9.58. The number of hydrogen-bond donors (Lipinski definition) is 5. The van der Waals surface area contributed by atoms with E-state index in [1.165, 1.54) is 0 Å². The minimum atomic E-state index is -5.46. The molecule has 0 aliphatic rings. The van der Waals surface area contributed by atoms with Gasteiger partial charge in [0, 0.05) is 17.1 Å². The van der Waals surface area contributed by atoms with E-state index in [2.05, 4.69) is 8.62 Å². The van der Waals surface area contributed by atoms with Gasteiger partial charge in [-0.05, 0) is 0 Å². The molecule has 16 heteroatoms. The summed E-state index contributed by atoms with van der Waals surface area (Å²) in [6, 6.07) is 0. The van der Waals surface area contributed by atoms with Crippen LogP contribution < -0.4 is 29.6 Å². The van der Waals surface area contributed by atoms with Crippen LogP contribution in [0, 0.1) is 0 Å². The summed E-state index contributed by atoms with van der Waals surface area (Å²) in [6.45, 7) is 0. The van der Waals surface area contributed by atoms with Crippen molar-refractivity contribution in [3.8, 4) is 0 Å². The van der Waals surface area contributed by atoms with Crippen molar-refractivity contribution in [3.63, 3.8) is 0 Å². The van der Waals surface area contributed by atoms with E-state index >= 15 is 0 Å². The Morgan fingerprint density at radius 1 is 0.812 bits per heavy atom. The molecule has 94 valence electrons. The maximum Gasteiger partial charge on any atom is 2.00 e. The van der Waals surface area contributed by atoms with Gasteiger partial charge in [0.05, 0.1) is 0 Å². The quantitative estimate of drug-likeness (QED) is 0.247. The van der Waals surface area contributed by atoms with Crippen LogP contribution in [0.2, 0.25) is 0 Å². The SMILES string of the molecule is O=P(O)(O)OP(=O)(O)OP(=O)(O)O.[Fe].[H-].[H-].[H-].[Mg+2].[Na+]. The molecule has 0 bridgehead atoms. The second-order valence-corrected chi connectivity index (χ2v) is 5.82. The molecule has 0 amide bonds. The van der Waals surface area contributed by atoms with Crippen molar-refractivity contribution in [1.29, 1.82) is 0 Å². The summed E-state index contributed by atoms with van der Waals surface area (Å²) in [5.41, 5.74) is 0. The van der Waals surface area contributed by atoms with Crippen LogP contribution in [0.25, 0.3) is 0 Å². The van der Waals surface area contributed by atoms with Crippen molar-refractivity contribution < 1.29 is 97.7 Å². The molecule has 0 saturated carbocycles. The van der Waals surface area contributed by atoms with E-state index in [9.17, 15) is 13.7 Å². The smallest absolute Gasteiger partial charge is 1.00 e. The van der Waals surface area contributed by atoms with E-state index < -0.39 is 23.5 Å². The molecule has 5 N–H and O–H groups in total. The maximum atomic E-state index is 10.4. The van der Waals surface area contributed by atoms with Crippen LogP contribution in [0.15, 0.2) is 0 Å². The molecule has 0 saturated heterocycles. The van der Waals surface area contributed by atoms with Crippen LogP contribution >= 0.6 is 23.5 Å². The van der Waals surface area contributed by atoms with Gasteiger partial charge in [0.25, 0.3) is 0 Å². The normalized spacial score (nSPS) is 11.8. The fourth-order valence-electron chi connectivity index (χ4n) is 0.284. The van der Waals surface area contributed by atoms with Crippen molar-refractivity contribution >= 4 is 46.5 Å². The van der Waals surface area contributed by atoms with Crippen LogP contribution in [-0.4, -0.2) is 47.5 Å². The summed E-state index contributed by atoms with van der Waals surface area (Å²) in [7, 11) is -16.2. The van der Waals surface area contributed by atoms with Gasteiger partial charge >= 0.3 is 76.1 Å². The summed E-state index contributed by atoms with van der Waals surface area (Å²) < 4.78 is 36.4. The molecule has 0 aromatic rings. The van der Waals surface area contributed by atoms with E-state index in [0.717, 1.165) is 0 Å². The standard InChI is InChI=1S/Fe.Mg.Na.H5O10P3.3H/c;;;1-11(2,3)9-13(7,8)10-12(4,5)6;;;/h;;;(H,7,8)(H2,1,2,3)(H2,4,5,6);;;/q;+2;+1;;3*-1. The van der Waals surface area contributed by atoms with Gasteiger partial charge in [-0.1, -0.05) is 0 Å². The molecule has 0 radical (unpaired) electrons. The summed E-state index contributed by atoms with van der Waals surface area (Å²) in [5.74, 6) is 0. The van der Waals surface area contributed by atoms with E-state index in [4.69, 9.17) is 24.5 Å². The Balaban J connectivity index is -0.0000000480. The van der Waals surface area contributed by atoms with Crippen LogP contribution in [0.4, 0.5) is 0 Å². The van der Waals surface area contributed by atoms with Crippen molar-refractivity contribution in [2.24, 2.45) is 0 Å². The van der Waals surface area contributed by atoms with Gasteiger partial charge in [0.2, 0.25) is 0 Å². The largest absolute Gasteiger partial charge is 2.00 e. The zero-order valence-electron chi connectivity index (χ0n) is 10.7. The number of hydrogen-bond acceptors (Lipinski definition) is 5. The molecule has 0 aromatic carbocycles. The summed E-state index contributed by atoms with van der Waals surface area (Å²) in [5, 5.41) is 0. The van der Waals surface area contributed by atoms with Gasteiger partial charge < -0.3 is 28.7 Å². The first-order valence-corrected chi connectivity index (χ1v) is 6.83. The third-order valence-corrected chi connectivity index (χ3v) is 3.77. The van der Waals surface area contributed by atoms with Gasteiger partial charge in [-0.2, -0.15) is 8.62 Å². The summed E-state index contributed by atoms with van der Waals surface area (Å²) in [6.07, 6.45) is 0. The Morgan fingerprint density at radius 2 is 1.00 bits per heavy atom. The monoisotopic (exact) mass is 364 g/mol. The molecule has 0 heterocycles. The molecule has 0 atom stereocenters. The number of rotatable bonds is 4. The predicted molar refractivity (Wildman–Crippen MR) is 45.2 cm³/mol. The van der Waals surface area contributed by atoms with E-state index in [-0.39, 0.29) is 74.0 Å². The van der Waals surface area contributed by atoms with Gasteiger partial charge in [-0.3, -0.25) is 0 Å². The molecule has 0 rings (SSSR count). The minimum Gasteiger partial charge on any atom is -1.00 e. The molecule has 0 aliphatic carbocycles. The zero-order valence-corrected chi connectivity index (χ0v) is 14.9. The van der Waals surface area contributed by atoms with Crippen LogP contribution in [0.3, 0.4) is 0 Å². The van der Waals surface area contributed by atoms with E-state index in [1.807, 2.05) is 0 Å². The van der Waals surface area contributed by atoms with Gasteiger partial charge in [0.15, 0.2) is 0 Å². The first-order chi connectivity index (χ1) is 5.41. The predicted octanol–water partition coefficient (Wildman–Crippen LogP) is -3.74. The molecule has 16 heavy (non-hydrogen) atoms. The molecular weight excluding hydrogens is 356 g/mol. The molecule has 0 spiro atoms. The van der Waals surface area contributed by atoms with Gasteiger partial charge in [-0.25, -0.2) is 13.7 Å². The Kier molecular flexibility index (Phi) is 16.2. The Labute approximate surface area is 143 Å². The fourth-order valence-corrected chi connectivity index (χ4v) is 2.82. The third-order valence-electron chi connectivity index (χ3n) is 0.419. The summed E-state index contributed by atoms with van der Waals surface area (Å²) >= 11 is 0. The minimum absolute atomic E-state index is 0. The topological polar surface area (TPSA) is 171 Å².